The molecule has 0 saturated heterocycles. The van der Waals surface area contributed by atoms with Gasteiger partial charge in [-0.3, -0.25) is 37.3 Å². The summed E-state index contributed by atoms with van der Waals surface area (Å²) in [7, 11) is -9.88. The average Bonchev–Trinajstić information content (AvgIpc) is 3.70. The topological polar surface area (TPSA) is 237 Å². The molecule has 17 nitrogen and oxygen atoms in total. The van der Waals surface area contributed by atoms with Gasteiger partial charge in [0.05, 0.1) is 26.4 Å². The predicted molar refractivity (Wildman–Crippen MR) is 349 cm³/mol. The van der Waals surface area contributed by atoms with Gasteiger partial charge in [0.15, 0.2) is 12.2 Å². The Kier molecular flexibility index (Phi) is 60.2. The van der Waals surface area contributed by atoms with Gasteiger partial charge < -0.3 is 33.8 Å². The zero-order valence-corrected chi connectivity index (χ0v) is 57.9. The van der Waals surface area contributed by atoms with E-state index < -0.39 is 97.5 Å². The van der Waals surface area contributed by atoms with Gasteiger partial charge >= 0.3 is 39.5 Å². The van der Waals surface area contributed by atoms with Gasteiger partial charge in [-0.1, -0.05) is 298 Å². The van der Waals surface area contributed by atoms with E-state index in [2.05, 4.69) is 34.6 Å². The van der Waals surface area contributed by atoms with Crippen molar-refractivity contribution in [3.63, 3.8) is 0 Å². The molecular weight excluding hydrogens is 1150 g/mol. The highest BCUT2D eigenvalue weighted by Crippen LogP contribution is 2.45. The second-order valence-electron chi connectivity index (χ2n) is 25.0. The molecular formula is C68H132O17P2. The van der Waals surface area contributed by atoms with Crippen molar-refractivity contribution in [2.45, 2.75) is 368 Å². The first-order valence-electron chi connectivity index (χ1n) is 35.6. The second-order valence-corrected chi connectivity index (χ2v) is 27.9. The van der Waals surface area contributed by atoms with Gasteiger partial charge in [-0.25, -0.2) is 9.13 Å². The van der Waals surface area contributed by atoms with Crippen molar-refractivity contribution in [3.05, 3.63) is 0 Å². The molecule has 0 saturated carbocycles. The highest BCUT2D eigenvalue weighted by molar-refractivity contribution is 7.47. The molecule has 0 fully saturated rings. The number of hydrogen-bond donors (Lipinski definition) is 3. The summed E-state index contributed by atoms with van der Waals surface area (Å²) in [4.78, 5) is 72.1. The first kappa shape index (κ1) is 85.1. The largest absolute Gasteiger partial charge is 0.472 e. The summed E-state index contributed by atoms with van der Waals surface area (Å²) in [5, 5.41) is 10.5. The van der Waals surface area contributed by atoms with Gasteiger partial charge in [-0.2, -0.15) is 0 Å². The fourth-order valence-corrected chi connectivity index (χ4v) is 11.9. The van der Waals surface area contributed by atoms with Crippen LogP contribution in [0.4, 0.5) is 0 Å². The molecule has 0 amide bonds. The molecule has 0 radical (unpaired) electrons. The maximum absolute atomic E-state index is 13.0. The Balaban J connectivity index is 5.12. The number of carbonyl (C=O) groups excluding carboxylic acids is 4. The lowest BCUT2D eigenvalue weighted by molar-refractivity contribution is -0.161. The van der Waals surface area contributed by atoms with Crippen LogP contribution in [0.5, 0.6) is 0 Å². The van der Waals surface area contributed by atoms with Gasteiger partial charge in [0.2, 0.25) is 0 Å². The van der Waals surface area contributed by atoms with E-state index in [1.807, 2.05) is 0 Å². The molecule has 2 unspecified atom stereocenters. The Morgan fingerprint density at radius 2 is 0.529 bits per heavy atom. The Bertz CT molecular complexity index is 1690. The molecule has 87 heavy (non-hydrogen) atoms. The standard InChI is InChI=1S/C68H132O17P2/c1-6-9-12-15-18-19-20-21-22-23-24-25-26-27-28-29-34-39-44-49-54-68(73)85-64(58-79-66(71)52-47-42-38-33-31-30-32-37-40-45-50-61(4)5)60-83-87(76,77)81-56-62(69)55-80-86(74,75)82-59-63(84-67(72)53-48-43-36-17-14-11-8-3)57-78-65(70)51-46-41-35-16-13-10-7-2/h61-64,69H,6-60H2,1-5H3,(H,74,75)(H,76,77)/t62-,63+,64+/m0/s1. The number of aliphatic hydroxyl groups excluding tert-OH is 1. The number of esters is 4. The molecule has 0 spiro atoms. The van der Waals surface area contributed by atoms with Crippen LogP contribution in [0.25, 0.3) is 0 Å². The van der Waals surface area contributed by atoms with E-state index in [1.54, 1.807) is 0 Å². The van der Waals surface area contributed by atoms with E-state index in [9.17, 15) is 43.2 Å². The van der Waals surface area contributed by atoms with Gasteiger partial charge in [0.1, 0.15) is 19.3 Å². The quantitative estimate of drug-likeness (QED) is 0.0222. The van der Waals surface area contributed by atoms with E-state index in [1.165, 1.54) is 148 Å². The number of carbonyl (C=O) groups is 4. The summed E-state index contributed by atoms with van der Waals surface area (Å²) >= 11 is 0. The van der Waals surface area contributed by atoms with E-state index >= 15 is 0 Å². The third-order valence-electron chi connectivity index (χ3n) is 15.8. The Labute approximate surface area is 530 Å². The van der Waals surface area contributed by atoms with Crippen molar-refractivity contribution in [1.29, 1.82) is 0 Å². The third-order valence-corrected chi connectivity index (χ3v) is 17.7. The average molecular weight is 1280 g/mol. The minimum atomic E-state index is -4.95. The van der Waals surface area contributed by atoms with Crippen LogP contribution < -0.4 is 0 Å². The van der Waals surface area contributed by atoms with E-state index in [0.29, 0.717) is 25.7 Å². The predicted octanol–water partition coefficient (Wildman–Crippen LogP) is 19.4. The van der Waals surface area contributed by atoms with E-state index in [-0.39, 0.29) is 25.7 Å². The fraction of sp³-hybridized carbons (Fsp3) is 0.941. The molecule has 3 N–H and O–H groups in total. The lowest BCUT2D eigenvalue weighted by Crippen LogP contribution is -2.30. The molecule has 0 aromatic rings. The zero-order chi connectivity index (χ0) is 64.2. The monoisotopic (exact) mass is 1280 g/mol. The highest BCUT2D eigenvalue weighted by atomic mass is 31.2. The number of unbranched alkanes of at least 4 members (excludes halogenated alkanes) is 40. The van der Waals surface area contributed by atoms with E-state index in [4.69, 9.17) is 37.0 Å². The van der Waals surface area contributed by atoms with Crippen molar-refractivity contribution in [2.24, 2.45) is 5.92 Å². The Hall–Kier alpha value is -1.94. The summed E-state index contributed by atoms with van der Waals surface area (Å²) in [6.07, 6.45) is 47.6. The second kappa shape index (κ2) is 61.6. The van der Waals surface area contributed by atoms with Crippen LogP contribution in [-0.4, -0.2) is 96.7 Å². The lowest BCUT2D eigenvalue weighted by atomic mass is 10.0. The summed E-state index contributed by atoms with van der Waals surface area (Å²) in [5.41, 5.74) is 0. The molecule has 0 heterocycles. The summed E-state index contributed by atoms with van der Waals surface area (Å²) in [5.74, 6) is -1.38. The minimum Gasteiger partial charge on any atom is -0.462 e. The van der Waals surface area contributed by atoms with Gasteiger partial charge in [-0.05, 0) is 31.6 Å². The van der Waals surface area contributed by atoms with Gasteiger partial charge in [0, 0.05) is 25.7 Å². The molecule has 0 bridgehead atoms. The Morgan fingerprint density at radius 3 is 0.782 bits per heavy atom. The molecule has 0 aliphatic carbocycles. The number of rotatable bonds is 68. The number of ether oxygens (including phenoxy) is 4. The molecule has 516 valence electrons. The van der Waals surface area contributed by atoms with Crippen molar-refractivity contribution >= 4 is 39.5 Å². The molecule has 0 aliphatic rings. The van der Waals surface area contributed by atoms with Gasteiger partial charge in [0.25, 0.3) is 0 Å². The lowest BCUT2D eigenvalue weighted by Gasteiger charge is -2.21. The van der Waals surface area contributed by atoms with Crippen LogP contribution in [0.3, 0.4) is 0 Å². The molecule has 19 heteroatoms. The van der Waals surface area contributed by atoms with Crippen molar-refractivity contribution in [2.75, 3.05) is 39.6 Å². The zero-order valence-electron chi connectivity index (χ0n) is 56.2. The van der Waals surface area contributed by atoms with Crippen LogP contribution in [0, 0.1) is 5.92 Å². The van der Waals surface area contributed by atoms with Crippen LogP contribution >= 0.6 is 15.6 Å². The number of phosphoric ester groups is 2. The first-order valence-corrected chi connectivity index (χ1v) is 38.6. The highest BCUT2D eigenvalue weighted by Gasteiger charge is 2.30. The van der Waals surface area contributed by atoms with Crippen LogP contribution in [0.15, 0.2) is 0 Å². The summed E-state index contributed by atoms with van der Waals surface area (Å²) < 4.78 is 67.9. The van der Waals surface area contributed by atoms with Crippen molar-refractivity contribution in [3.8, 4) is 0 Å². The molecule has 5 atom stereocenters. The van der Waals surface area contributed by atoms with E-state index in [0.717, 1.165) is 121 Å². The van der Waals surface area contributed by atoms with Crippen LogP contribution in [-0.2, 0) is 65.4 Å². The fourth-order valence-electron chi connectivity index (χ4n) is 10.3. The van der Waals surface area contributed by atoms with Gasteiger partial charge in [-0.15, -0.1) is 0 Å². The minimum absolute atomic E-state index is 0.104. The normalized spacial score (nSPS) is 14.1. The number of hydrogen-bond acceptors (Lipinski definition) is 15. The SMILES string of the molecule is CCCCCCCCCCCCCCCCCCCCCCC(=O)O[C@H](COC(=O)CCCCCCCCCCCCC(C)C)COP(=O)(O)OC[C@@H](O)COP(=O)(O)OC[C@@H](COC(=O)CCCCCCCCC)OC(=O)CCCCCCCCC. The molecule has 0 aromatic carbocycles. The summed E-state index contributed by atoms with van der Waals surface area (Å²) in [6, 6.07) is 0. The smallest absolute Gasteiger partial charge is 0.462 e. The maximum Gasteiger partial charge on any atom is 0.472 e. The molecule has 0 aliphatic heterocycles. The van der Waals surface area contributed by atoms with Crippen LogP contribution in [0.2, 0.25) is 0 Å². The maximum atomic E-state index is 13.0. The van der Waals surface area contributed by atoms with Crippen molar-refractivity contribution < 1.29 is 80.2 Å². The van der Waals surface area contributed by atoms with Crippen LogP contribution in [0.1, 0.15) is 349 Å². The summed E-state index contributed by atoms with van der Waals surface area (Å²) in [6.45, 7) is 7.13. The molecule has 0 aromatic heterocycles. The Morgan fingerprint density at radius 1 is 0.310 bits per heavy atom. The first-order chi connectivity index (χ1) is 42.0. The molecule has 0 rings (SSSR count). The number of phosphoric acid groups is 2. The number of aliphatic hydroxyl groups is 1. The third kappa shape index (κ3) is 62.6. The van der Waals surface area contributed by atoms with Crippen molar-refractivity contribution in [1.82, 2.24) is 0 Å².